The number of nitrogens with two attached hydrogens (primary N) is 1. The summed E-state index contributed by atoms with van der Waals surface area (Å²) in [6.07, 6.45) is 0. The molecule has 106 valence electrons. The van der Waals surface area contributed by atoms with Crippen LogP contribution in [0.1, 0.15) is 22.7 Å². The number of hydrogen-bond acceptors (Lipinski definition) is 2. The zero-order valence-electron chi connectivity index (χ0n) is 11.1. The highest BCUT2D eigenvalue weighted by molar-refractivity contribution is 9.10. The Bertz CT molecular complexity index is 646. The van der Waals surface area contributed by atoms with E-state index in [4.69, 9.17) is 10.5 Å². The van der Waals surface area contributed by atoms with Gasteiger partial charge in [-0.25, -0.2) is 4.39 Å². The molecule has 2 aromatic rings. The smallest absolute Gasteiger partial charge is 0.141 e. The third-order valence-corrected chi connectivity index (χ3v) is 4.86. The van der Waals surface area contributed by atoms with Gasteiger partial charge in [0, 0.05) is 16.1 Å². The summed E-state index contributed by atoms with van der Waals surface area (Å²) < 4.78 is 20.1. The van der Waals surface area contributed by atoms with Crippen LogP contribution < -0.4 is 10.5 Å². The molecule has 0 bridgehead atoms. The minimum Gasteiger partial charge on any atom is -0.496 e. The average Bonchev–Trinajstić information content (AvgIpc) is 2.43. The molecule has 2 aromatic carbocycles. The van der Waals surface area contributed by atoms with Crippen molar-refractivity contribution in [1.82, 2.24) is 0 Å². The van der Waals surface area contributed by atoms with Gasteiger partial charge in [0.1, 0.15) is 11.6 Å². The molecule has 0 radical (unpaired) electrons. The predicted octanol–water partition coefficient (Wildman–Crippen LogP) is 4.72. The maximum atomic E-state index is 13.6. The molecule has 20 heavy (non-hydrogen) atoms. The highest BCUT2D eigenvalue weighted by atomic mass is 79.9. The Morgan fingerprint density at radius 3 is 2.55 bits per heavy atom. The van der Waals surface area contributed by atoms with Crippen LogP contribution in [-0.4, -0.2) is 7.11 Å². The molecule has 0 heterocycles. The van der Waals surface area contributed by atoms with Gasteiger partial charge in [0.15, 0.2) is 0 Å². The normalized spacial score (nSPS) is 12.3. The molecule has 5 heteroatoms. The lowest BCUT2D eigenvalue weighted by Crippen LogP contribution is -2.14. The fourth-order valence-electron chi connectivity index (χ4n) is 2.04. The van der Waals surface area contributed by atoms with Crippen LogP contribution in [0.5, 0.6) is 5.75 Å². The molecular weight excluding hydrogens is 389 g/mol. The summed E-state index contributed by atoms with van der Waals surface area (Å²) >= 11 is 6.74. The molecule has 0 amide bonds. The Labute approximate surface area is 134 Å². The van der Waals surface area contributed by atoms with Gasteiger partial charge >= 0.3 is 0 Å². The van der Waals surface area contributed by atoms with Crippen LogP contribution in [0.2, 0.25) is 0 Å². The second-order valence-corrected chi connectivity index (χ2v) is 6.11. The molecule has 0 aliphatic carbocycles. The summed E-state index contributed by atoms with van der Waals surface area (Å²) in [4.78, 5) is 0. The lowest BCUT2D eigenvalue weighted by atomic mass is 9.97. The van der Waals surface area contributed by atoms with E-state index in [1.807, 2.05) is 25.1 Å². The summed E-state index contributed by atoms with van der Waals surface area (Å²) in [6, 6.07) is 8.48. The molecule has 0 aliphatic heterocycles. The maximum Gasteiger partial charge on any atom is 0.141 e. The minimum absolute atomic E-state index is 0.368. The summed E-state index contributed by atoms with van der Waals surface area (Å²) in [6.45, 7) is 2.00. The second-order valence-electron chi connectivity index (χ2n) is 4.46. The molecule has 0 fully saturated rings. The first kappa shape index (κ1) is 15.5. The summed E-state index contributed by atoms with van der Waals surface area (Å²) in [5, 5.41) is 0. The maximum absolute atomic E-state index is 13.6. The number of benzene rings is 2. The van der Waals surface area contributed by atoms with Crippen molar-refractivity contribution in [3.05, 3.63) is 61.8 Å². The third-order valence-electron chi connectivity index (χ3n) is 3.16. The fourth-order valence-corrected chi connectivity index (χ4v) is 2.91. The van der Waals surface area contributed by atoms with Crippen LogP contribution in [-0.2, 0) is 0 Å². The molecular formula is C15H14Br2FNO. The standard InChI is InChI=1S/C15H14Br2FNO/c1-8-4-3-5-9(14(8)17)15(19)10-6-11(16)12(18)7-13(10)20-2/h3-7,15H,19H2,1-2H3. The monoisotopic (exact) mass is 401 g/mol. The van der Waals surface area contributed by atoms with Crippen molar-refractivity contribution in [2.45, 2.75) is 13.0 Å². The topological polar surface area (TPSA) is 35.2 Å². The van der Waals surface area contributed by atoms with Crippen LogP contribution in [0.25, 0.3) is 0 Å². The number of ether oxygens (including phenoxy) is 1. The Morgan fingerprint density at radius 2 is 1.90 bits per heavy atom. The third kappa shape index (κ3) is 2.90. The number of hydrogen-bond donors (Lipinski definition) is 1. The lowest BCUT2D eigenvalue weighted by Gasteiger charge is -2.19. The van der Waals surface area contributed by atoms with E-state index in [1.54, 1.807) is 6.07 Å². The molecule has 0 aliphatic rings. The van der Waals surface area contributed by atoms with Gasteiger partial charge < -0.3 is 10.5 Å². The van der Waals surface area contributed by atoms with E-state index in [0.29, 0.717) is 10.2 Å². The molecule has 0 saturated carbocycles. The largest absolute Gasteiger partial charge is 0.496 e. The Hall–Kier alpha value is -0.910. The fraction of sp³-hybridized carbons (Fsp3) is 0.200. The first-order chi connectivity index (χ1) is 9.45. The summed E-state index contributed by atoms with van der Waals surface area (Å²) in [5.74, 6) is 0.0627. The van der Waals surface area contributed by atoms with Gasteiger partial charge in [0.05, 0.1) is 17.6 Å². The van der Waals surface area contributed by atoms with Gasteiger partial charge in [-0.15, -0.1) is 0 Å². The highest BCUT2D eigenvalue weighted by Crippen LogP contribution is 2.36. The van der Waals surface area contributed by atoms with E-state index in [0.717, 1.165) is 21.2 Å². The van der Waals surface area contributed by atoms with Crippen LogP contribution in [0.3, 0.4) is 0 Å². The average molecular weight is 403 g/mol. The number of methoxy groups -OCH3 is 1. The number of rotatable bonds is 3. The zero-order chi connectivity index (χ0) is 14.9. The number of halogens is 3. The van der Waals surface area contributed by atoms with Gasteiger partial charge in [-0.3, -0.25) is 0 Å². The lowest BCUT2D eigenvalue weighted by molar-refractivity contribution is 0.404. The SMILES string of the molecule is COc1cc(F)c(Br)cc1C(N)c1cccc(C)c1Br. The summed E-state index contributed by atoms with van der Waals surface area (Å²) in [7, 11) is 1.50. The van der Waals surface area contributed by atoms with Crippen molar-refractivity contribution in [3.63, 3.8) is 0 Å². The second kappa shape index (κ2) is 6.24. The molecule has 2 N–H and O–H groups in total. The zero-order valence-corrected chi connectivity index (χ0v) is 14.3. The van der Waals surface area contributed by atoms with Crippen molar-refractivity contribution < 1.29 is 9.13 Å². The first-order valence-electron chi connectivity index (χ1n) is 5.99. The van der Waals surface area contributed by atoms with E-state index in [1.165, 1.54) is 13.2 Å². The van der Waals surface area contributed by atoms with Crippen molar-refractivity contribution in [3.8, 4) is 5.75 Å². The van der Waals surface area contributed by atoms with E-state index in [2.05, 4.69) is 31.9 Å². The van der Waals surface area contributed by atoms with E-state index in [9.17, 15) is 4.39 Å². The van der Waals surface area contributed by atoms with Crippen LogP contribution in [0.15, 0.2) is 39.3 Å². The Morgan fingerprint density at radius 1 is 1.20 bits per heavy atom. The van der Waals surface area contributed by atoms with Gasteiger partial charge in [0.2, 0.25) is 0 Å². The minimum atomic E-state index is -0.406. The number of aryl methyl sites for hydroxylation is 1. The van der Waals surface area contributed by atoms with Crippen LogP contribution in [0.4, 0.5) is 4.39 Å². The van der Waals surface area contributed by atoms with Crippen molar-refractivity contribution in [2.24, 2.45) is 5.73 Å². The Kier molecular flexibility index (Phi) is 4.83. The molecule has 2 rings (SSSR count). The first-order valence-corrected chi connectivity index (χ1v) is 7.57. The summed E-state index contributed by atoms with van der Waals surface area (Å²) in [5.41, 5.74) is 9.08. The Balaban J connectivity index is 2.55. The van der Waals surface area contributed by atoms with Crippen molar-refractivity contribution in [2.75, 3.05) is 7.11 Å². The van der Waals surface area contributed by atoms with E-state index in [-0.39, 0.29) is 5.82 Å². The molecule has 1 unspecified atom stereocenters. The van der Waals surface area contributed by atoms with E-state index >= 15 is 0 Å². The van der Waals surface area contributed by atoms with Crippen molar-refractivity contribution in [1.29, 1.82) is 0 Å². The van der Waals surface area contributed by atoms with Gasteiger partial charge in [-0.05, 0) is 40.0 Å². The van der Waals surface area contributed by atoms with Gasteiger partial charge in [-0.2, -0.15) is 0 Å². The van der Waals surface area contributed by atoms with E-state index < -0.39 is 6.04 Å². The molecule has 0 spiro atoms. The van der Waals surface area contributed by atoms with Gasteiger partial charge in [-0.1, -0.05) is 34.1 Å². The quantitative estimate of drug-likeness (QED) is 0.806. The molecule has 2 nitrogen and oxygen atoms in total. The predicted molar refractivity (Wildman–Crippen MR) is 85.6 cm³/mol. The van der Waals surface area contributed by atoms with Crippen molar-refractivity contribution >= 4 is 31.9 Å². The highest BCUT2D eigenvalue weighted by Gasteiger charge is 2.19. The van der Waals surface area contributed by atoms with Gasteiger partial charge in [0.25, 0.3) is 0 Å². The molecule has 0 aromatic heterocycles. The molecule has 0 saturated heterocycles. The molecule has 1 atom stereocenters. The van der Waals surface area contributed by atoms with Crippen LogP contribution in [0, 0.1) is 12.7 Å². The van der Waals surface area contributed by atoms with Crippen LogP contribution >= 0.6 is 31.9 Å².